The highest BCUT2D eigenvalue weighted by molar-refractivity contribution is 7.47. The molecule has 1 unspecified atom stereocenters. The van der Waals surface area contributed by atoms with E-state index >= 15 is 0 Å². The summed E-state index contributed by atoms with van der Waals surface area (Å²) >= 11 is 0. The highest BCUT2D eigenvalue weighted by Crippen LogP contribution is 2.43. The lowest BCUT2D eigenvalue weighted by Gasteiger charge is -2.19. The Morgan fingerprint density at radius 2 is 1.20 bits per heavy atom. The van der Waals surface area contributed by atoms with Crippen molar-refractivity contribution in [3.05, 3.63) is 48.6 Å². The Kier molecular flexibility index (Phi) is 33.9. The second kappa shape index (κ2) is 35.3. The first kappa shape index (κ1) is 47.9. The highest BCUT2D eigenvalue weighted by atomic mass is 31.2. The Balaban J connectivity index is 4.34. The molecular weight excluding hydrogens is 657 g/mol. The van der Waals surface area contributed by atoms with E-state index in [2.05, 4.69) is 43.4 Å². The number of rotatable bonds is 35. The molecule has 0 aromatic carbocycles. The third kappa shape index (κ3) is 34.4. The van der Waals surface area contributed by atoms with Crippen molar-refractivity contribution in [2.45, 2.75) is 161 Å². The molecule has 0 amide bonds. The quantitative estimate of drug-likeness (QED) is 0.0249. The van der Waals surface area contributed by atoms with Crippen molar-refractivity contribution in [3.63, 3.8) is 0 Å². The van der Waals surface area contributed by atoms with Gasteiger partial charge >= 0.3 is 19.8 Å². The molecule has 0 aliphatic heterocycles. The molecule has 0 saturated carbocycles. The molecule has 10 nitrogen and oxygen atoms in total. The number of allylic oxidation sites excluding steroid dienone is 8. The minimum atomic E-state index is -4.39. The first-order valence-corrected chi connectivity index (χ1v) is 20.7. The van der Waals surface area contributed by atoms with Crippen LogP contribution in [0.15, 0.2) is 48.6 Å². The van der Waals surface area contributed by atoms with Crippen LogP contribution in [0, 0.1) is 0 Å². The summed E-state index contributed by atoms with van der Waals surface area (Å²) in [6, 6.07) is 0. The zero-order valence-electron chi connectivity index (χ0n) is 31.2. The molecule has 11 heteroatoms. The number of carbonyl (C=O) groups is 2. The third-order valence-electron chi connectivity index (χ3n) is 7.88. The lowest BCUT2D eigenvalue weighted by molar-refractivity contribution is -0.161. The molecule has 0 aromatic rings. The number of nitrogens with two attached hydrogens (primary N) is 1. The lowest BCUT2D eigenvalue weighted by Crippen LogP contribution is -2.29. The molecule has 0 radical (unpaired) electrons. The van der Waals surface area contributed by atoms with Gasteiger partial charge in [-0.25, -0.2) is 4.57 Å². The standard InChI is InChI=1S/C39H70NO9P/c1-3-5-6-7-8-9-14-18-21-24-27-30-38(42)46-34-37(35-48-50(44,45)47-33-32-40)49-39(43)31-28-25-22-19-16-13-11-10-12-15-17-20-23-26-29-36(41)4-2/h11-13,15,19-20,22-23,36-37,41H,3-10,14,16-18,21,24-35,40H2,1-2H3,(H,44,45)/b13-11-,15-12-,22-19-,23-20-/t36-,37-/m1/s1. The van der Waals surface area contributed by atoms with Crippen LogP contribution in [0.3, 0.4) is 0 Å². The van der Waals surface area contributed by atoms with Crippen LogP contribution < -0.4 is 5.73 Å². The smallest absolute Gasteiger partial charge is 0.462 e. The number of carbonyl (C=O) groups excluding carboxylic acids is 2. The lowest BCUT2D eigenvalue weighted by atomic mass is 10.1. The van der Waals surface area contributed by atoms with Crippen LogP contribution in [0.1, 0.15) is 149 Å². The third-order valence-corrected chi connectivity index (χ3v) is 8.87. The molecule has 0 aromatic heterocycles. The largest absolute Gasteiger partial charge is 0.472 e. The van der Waals surface area contributed by atoms with Crippen molar-refractivity contribution in [1.82, 2.24) is 0 Å². The highest BCUT2D eigenvalue weighted by Gasteiger charge is 2.25. The van der Waals surface area contributed by atoms with Gasteiger partial charge in [0.25, 0.3) is 0 Å². The van der Waals surface area contributed by atoms with E-state index < -0.39 is 32.5 Å². The van der Waals surface area contributed by atoms with Gasteiger partial charge in [-0.15, -0.1) is 0 Å². The first-order chi connectivity index (χ1) is 24.2. The van der Waals surface area contributed by atoms with E-state index in [9.17, 15) is 24.2 Å². The van der Waals surface area contributed by atoms with Gasteiger partial charge < -0.3 is 25.2 Å². The summed E-state index contributed by atoms with van der Waals surface area (Å²) in [6.45, 7) is 3.35. The molecule has 290 valence electrons. The summed E-state index contributed by atoms with van der Waals surface area (Å²) in [5.74, 6) is -0.916. The Morgan fingerprint density at radius 1 is 0.680 bits per heavy atom. The van der Waals surface area contributed by atoms with Crippen molar-refractivity contribution in [1.29, 1.82) is 0 Å². The van der Waals surface area contributed by atoms with Crippen LogP contribution in [0.5, 0.6) is 0 Å². The van der Waals surface area contributed by atoms with Gasteiger partial charge in [0.15, 0.2) is 6.10 Å². The van der Waals surface area contributed by atoms with Gasteiger partial charge in [0, 0.05) is 19.4 Å². The van der Waals surface area contributed by atoms with E-state index in [4.69, 9.17) is 24.3 Å². The average Bonchev–Trinajstić information content (AvgIpc) is 3.10. The average molecular weight is 728 g/mol. The molecule has 0 bridgehead atoms. The Morgan fingerprint density at radius 3 is 1.76 bits per heavy atom. The number of aliphatic hydroxyl groups is 1. The number of esters is 2. The summed E-state index contributed by atoms with van der Waals surface area (Å²) in [6.07, 6.45) is 35.2. The SMILES string of the molecule is CCCCCCCCCCCCCC(=O)OC[C@H](COP(=O)(O)OCCN)OC(=O)CCC/C=C\C/C=C\C/C=C\C/C=C\CC[C@H](O)CC. The van der Waals surface area contributed by atoms with Crippen LogP contribution in [0.2, 0.25) is 0 Å². The zero-order valence-corrected chi connectivity index (χ0v) is 32.1. The van der Waals surface area contributed by atoms with E-state index in [-0.39, 0.29) is 38.7 Å². The number of hydrogen-bond acceptors (Lipinski definition) is 9. The van der Waals surface area contributed by atoms with E-state index in [1.54, 1.807) is 0 Å². The predicted octanol–water partition coefficient (Wildman–Crippen LogP) is 9.35. The minimum Gasteiger partial charge on any atom is -0.462 e. The van der Waals surface area contributed by atoms with Crippen LogP contribution >= 0.6 is 7.82 Å². The molecule has 4 N–H and O–H groups in total. The molecule has 0 rings (SSSR count). The maximum atomic E-state index is 12.5. The van der Waals surface area contributed by atoms with Gasteiger partial charge in [-0.1, -0.05) is 127 Å². The van der Waals surface area contributed by atoms with Gasteiger partial charge in [0.05, 0.1) is 19.3 Å². The van der Waals surface area contributed by atoms with Crippen molar-refractivity contribution >= 4 is 19.8 Å². The van der Waals surface area contributed by atoms with Gasteiger partial charge in [-0.3, -0.25) is 18.6 Å². The van der Waals surface area contributed by atoms with E-state index in [0.717, 1.165) is 57.8 Å². The van der Waals surface area contributed by atoms with E-state index in [0.29, 0.717) is 12.8 Å². The molecule has 0 fully saturated rings. The number of ether oxygens (including phenoxy) is 2. The fraction of sp³-hybridized carbons (Fsp3) is 0.744. The van der Waals surface area contributed by atoms with Gasteiger partial charge in [-0.2, -0.15) is 0 Å². The first-order valence-electron chi connectivity index (χ1n) is 19.2. The van der Waals surface area contributed by atoms with Crippen LogP contribution in [0.25, 0.3) is 0 Å². The van der Waals surface area contributed by atoms with Crippen molar-refractivity contribution in [2.75, 3.05) is 26.4 Å². The van der Waals surface area contributed by atoms with Crippen molar-refractivity contribution in [3.8, 4) is 0 Å². The summed E-state index contributed by atoms with van der Waals surface area (Å²) in [7, 11) is -4.39. The normalized spacial score (nSPS) is 14.6. The van der Waals surface area contributed by atoms with Crippen molar-refractivity contribution < 1.29 is 42.7 Å². The number of aliphatic hydroxyl groups excluding tert-OH is 1. The fourth-order valence-electron chi connectivity index (χ4n) is 4.84. The number of phosphoric acid groups is 1. The minimum absolute atomic E-state index is 0.0381. The number of phosphoric ester groups is 1. The molecule has 3 atom stereocenters. The van der Waals surface area contributed by atoms with Crippen LogP contribution in [-0.2, 0) is 32.7 Å². The molecule has 0 spiro atoms. The maximum Gasteiger partial charge on any atom is 0.472 e. The Bertz CT molecular complexity index is 983. The van der Waals surface area contributed by atoms with Crippen LogP contribution in [-0.4, -0.2) is 60.5 Å². The molecule has 0 heterocycles. The van der Waals surface area contributed by atoms with Crippen molar-refractivity contribution in [2.24, 2.45) is 5.73 Å². The summed E-state index contributed by atoms with van der Waals surface area (Å²) in [5.41, 5.74) is 5.32. The van der Waals surface area contributed by atoms with Gasteiger partial charge in [0.1, 0.15) is 6.61 Å². The number of hydrogen-bond donors (Lipinski definition) is 3. The maximum absolute atomic E-state index is 12.5. The van der Waals surface area contributed by atoms with E-state index in [1.807, 2.05) is 19.1 Å². The monoisotopic (exact) mass is 727 g/mol. The van der Waals surface area contributed by atoms with Crippen LogP contribution in [0.4, 0.5) is 0 Å². The molecular formula is C39H70NO9P. The Labute approximate surface area is 303 Å². The topological polar surface area (TPSA) is 155 Å². The number of unbranched alkanes of at least 4 members (excludes halogenated alkanes) is 11. The van der Waals surface area contributed by atoms with Gasteiger partial charge in [-0.05, 0) is 57.8 Å². The summed E-state index contributed by atoms with van der Waals surface area (Å²) in [4.78, 5) is 34.6. The summed E-state index contributed by atoms with van der Waals surface area (Å²) in [5, 5.41) is 9.54. The molecule has 0 aliphatic carbocycles. The molecule has 50 heavy (non-hydrogen) atoms. The molecule has 0 saturated heterocycles. The van der Waals surface area contributed by atoms with E-state index in [1.165, 1.54) is 51.4 Å². The molecule has 0 aliphatic rings. The fourth-order valence-corrected chi connectivity index (χ4v) is 5.61. The Hall–Kier alpha value is -2.07. The second-order valence-corrected chi connectivity index (χ2v) is 14.0. The van der Waals surface area contributed by atoms with Gasteiger partial charge in [0.2, 0.25) is 0 Å². The zero-order chi connectivity index (χ0) is 37.0. The summed E-state index contributed by atoms with van der Waals surface area (Å²) < 4.78 is 32.5. The predicted molar refractivity (Wildman–Crippen MR) is 202 cm³/mol. The second-order valence-electron chi connectivity index (χ2n) is 12.6.